The zero-order valence-corrected chi connectivity index (χ0v) is 11.6. The quantitative estimate of drug-likeness (QED) is 0.831. The molecule has 2 fully saturated rings. The highest BCUT2D eigenvalue weighted by Crippen LogP contribution is 2.47. The Bertz CT molecular complexity index is 391. The molecule has 0 radical (unpaired) electrons. The van der Waals surface area contributed by atoms with Gasteiger partial charge in [0.2, 0.25) is 5.91 Å². The maximum atomic E-state index is 12.2. The van der Waals surface area contributed by atoms with Crippen molar-refractivity contribution in [3.8, 4) is 6.07 Å². The molecule has 0 aliphatic heterocycles. The van der Waals surface area contributed by atoms with Crippen molar-refractivity contribution in [2.75, 3.05) is 7.11 Å². The molecule has 4 nitrogen and oxygen atoms in total. The first kappa shape index (κ1) is 13.4. The fourth-order valence-corrected chi connectivity index (χ4v) is 3.28. The SMILES string of the molecule is COC1CC(NC(=O)C2(C#N)CC(C)C2)C1(C)C. The Kier molecular flexibility index (Phi) is 3.14. The standard InChI is InChI=1S/C14H22N2O2/c1-9-6-14(7-9,8-15)12(17)16-10-5-11(18-4)13(10,2)3/h9-11H,5-7H2,1-4H3,(H,16,17). The van der Waals surface area contributed by atoms with E-state index in [0.717, 1.165) is 6.42 Å². The smallest absolute Gasteiger partial charge is 0.240 e. The van der Waals surface area contributed by atoms with Crippen LogP contribution in [0.15, 0.2) is 0 Å². The van der Waals surface area contributed by atoms with Crippen molar-refractivity contribution < 1.29 is 9.53 Å². The number of ether oxygens (including phenoxy) is 1. The van der Waals surface area contributed by atoms with Gasteiger partial charge in [-0.3, -0.25) is 4.79 Å². The van der Waals surface area contributed by atoms with Gasteiger partial charge in [-0.15, -0.1) is 0 Å². The first-order valence-electron chi connectivity index (χ1n) is 6.61. The topological polar surface area (TPSA) is 62.1 Å². The molecule has 100 valence electrons. The van der Waals surface area contributed by atoms with E-state index in [1.807, 2.05) is 0 Å². The van der Waals surface area contributed by atoms with Gasteiger partial charge in [0.15, 0.2) is 0 Å². The van der Waals surface area contributed by atoms with E-state index in [2.05, 4.69) is 32.2 Å². The summed E-state index contributed by atoms with van der Waals surface area (Å²) in [7, 11) is 1.70. The van der Waals surface area contributed by atoms with Crippen molar-refractivity contribution in [1.29, 1.82) is 5.26 Å². The summed E-state index contributed by atoms with van der Waals surface area (Å²) < 4.78 is 5.37. The number of hydrogen-bond acceptors (Lipinski definition) is 3. The summed E-state index contributed by atoms with van der Waals surface area (Å²) in [5, 5.41) is 12.3. The Morgan fingerprint density at radius 1 is 1.44 bits per heavy atom. The molecule has 1 amide bonds. The van der Waals surface area contributed by atoms with Crippen molar-refractivity contribution in [2.24, 2.45) is 16.7 Å². The molecular weight excluding hydrogens is 228 g/mol. The molecule has 2 saturated carbocycles. The van der Waals surface area contributed by atoms with Crippen LogP contribution in [0.4, 0.5) is 0 Å². The van der Waals surface area contributed by atoms with Gasteiger partial charge in [-0.05, 0) is 25.2 Å². The minimum atomic E-state index is -0.770. The number of rotatable bonds is 3. The third-order valence-corrected chi connectivity index (χ3v) is 4.81. The van der Waals surface area contributed by atoms with Crippen LogP contribution in [0, 0.1) is 28.1 Å². The monoisotopic (exact) mass is 250 g/mol. The summed E-state index contributed by atoms with van der Waals surface area (Å²) in [4.78, 5) is 12.2. The summed E-state index contributed by atoms with van der Waals surface area (Å²) >= 11 is 0. The number of amides is 1. The summed E-state index contributed by atoms with van der Waals surface area (Å²) in [6.45, 7) is 6.27. The molecule has 0 saturated heterocycles. The van der Waals surface area contributed by atoms with Gasteiger partial charge in [-0.25, -0.2) is 0 Å². The lowest BCUT2D eigenvalue weighted by atomic mass is 9.61. The fraction of sp³-hybridized carbons (Fsp3) is 0.857. The lowest BCUT2D eigenvalue weighted by Gasteiger charge is -2.52. The number of hydrogen-bond donors (Lipinski definition) is 1. The molecule has 2 rings (SSSR count). The summed E-state index contributed by atoms with van der Waals surface area (Å²) in [5.41, 5.74) is -0.815. The molecule has 2 aliphatic rings. The lowest BCUT2D eigenvalue weighted by Crippen LogP contribution is -2.64. The number of nitrogens with one attached hydrogen (secondary N) is 1. The van der Waals surface area contributed by atoms with Crippen molar-refractivity contribution in [2.45, 2.75) is 52.2 Å². The van der Waals surface area contributed by atoms with Gasteiger partial charge < -0.3 is 10.1 Å². The van der Waals surface area contributed by atoms with E-state index >= 15 is 0 Å². The Morgan fingerprint density at radius 2 is 2.06 bits per heavy atom. The van der Waals surface area contributed by atoms with Gasteiger partial charge in [-0.1, -0.05) is 20.8 Å². The van der Waals surface area contributed by atoms with E-state index in [-0.39, 0.29) is 23.5 Å². The van der Waals surface area contributed by atoms with E-state index < -0.39 is 5.41 Å². The van der Waals surface area contributed by atoms with Crippen molar-refractivity contribution in [3.05, 3.63) is 0 Å². The van der Waals surface area contributed by atoms with E-state index in [1.54, 1.807) is 7.11 Å². The van der Waals surface area contributed by atoms with Crippen molar-refractivity contribution in [1.82, 2.24) is 5.32 Å². The molecule has 1 N–H and O–H groups in total. The maximum absolute atomic E-state index is 12.2. The van der Waals surface area contributed by atoms with Crippen molar-refractivity contribution >= 4 is 5.91 Å². The molecular formula is C14H22N2O2. The number of nitriles is 1. The van der Waals surface area contributed by atoms with Crippen LogP contribution in [0.25, 0.3) is 0 Å². The minimum Gasteiger partial charge on any atom is -0.381 e. The van der Waals surface area contributed by atoms with E-state index in [4.69, 9.17) is 4.74 Å². The largest absolute Gasteiger partial charge is 0.381 e. The fourth-order valence-electron chi connectivity index (χ4n) is 3.28. The van der Waals surface area contributed by atoms with E-state index in [1.165, 1.54) is 0 Å². The average Bonchev–Trinajstić information content (AvgIpc) is 2.29. The zero-order chi connectivity index (χ0) is 13.6. The number of carbonyl (C=O) groups is 1. The minimum absolute atomic E-state index is 0.0452. The van der Waals surface area contributed by atoms with Crippen LogP contribution in [-0.4, -0.2) is 25.2 Å². The molecule has 0 spiro atoms. The molecule has 0 heterocycles. The Hall–Kier alpha value is -1.08. The van der Waals surface area contributed by atoms with Crippen LogP contribution >= 0.6 is 0 Å². The third kappa shape index (κ3) is 1.81. The maximum Gasteiger partial charge on any atom is 0.240 e. The number of methoxy groups -OCH3 is 1. The molecule has 0 aromatic rings. The van der Waals surface area contributed by atoms with Gasteiger partial charge in [0, 0.05) is 18.6 Å². The highest BCUT2D eigenvalue weighted by Gasteiger charge is 2.54. The molecule has 2 unspecified atom stereocenters. The van der Waals surface area contributed by atoms with Gasteiger partial charge in [0.05, 0.1) is 12.2 Å². The van der Waals surface area contributed by atoms with E-state index in [9.17, 15) is 10.1 Å². The normalized spacial score (nSPS) is 41.2. The third-order valence-electron chi connectivity index (χ3n) is 4.81. The van der Waals surface area contributed by atoms with Crippen LogP contribution in [0.1, 0.15) is 40.0 Å². The first-order valence-corrected chi connectivity index (χ1v) is 6.61. The molecule has 0 aromatic carbocycles. The highest BCUT2D eigenvalue weighted by molar-refractivity contribution is 5.86. The second-order valence-electron chi connectivity index (χ2n) is 6.51. The Balaban J connectivity index is 1.96. The van der Waals surface area contributed by atoms with Gasteiger partial charge in [0.1, 0.15) is 5.41 Å². The van der Waals surface area contributed by atoms with E-state index in [0.29, 0.717) is 18.8 Å². The molecule has 18 heavy (non-hydrogen) atoms. The van der Waals surface area contributed by atoms with Crippen LogP contribution in [0.5, 0.6) is 0 Å². The molecule has 2 atom stereocenters. The second kappa shape index (κ2) is 4.24. The average molecular weight is 250 g/mol. The Labute approximate surface area is 109 Å². The van der Waals surface area contributed by atoms with Gasteiger partial charge in [0.25, 0.3) is 0 Å². The first-order chi connectivity index (χ1) is 8.35. The second-order valence-corrected chi connectivity index (χ2v) is 6.51. The zero-order valence-electron chi connectivity index (χ0n) is 11.6. The number of carbonyl (C=O) groups excluding carboxylic acids is 1. The summed E-state index contributed by atoms with van der Waals surface area (Å²) in [6.07, 6.45) is 2.42. The van der Waals surface area contributed by atoms with Crippen LogP contribution in [0.3, 0.4) is 0 Å². The highest BCUT2D eigenvalue weighted by atomic mass is 16.5. The van der Waals surface area contributed by atoms with Gasteiger partial charge >= 0.3 is 0 Å². The van der Waals surface area contributed by atoms with Crippen molar-refractivity contribution in [3.63, 3.8) is 0 Å². The van der Waals surface area contributed by atoms with Crippen LogP contribution < -0.4 is 5.32 Å². The molecule has 2 aliphatic carbocycles. The predicted molar refractivity (Wildman–Crippen MR) is 67.6 cm³/mol. The van der Waals surface area contributed by atoms with Crippen LogP contribution in [-0.2, 0) is 9.53 Å². The van der Waals surface area contributed by atoms with Crippen LogP contribution in [0.2, 0.25) is 0 Å². The lowest BCUT2D eigenvalue weighted by molar-refractivity contribution is -0.144. The molecule has 4 heteroatoms. The summed E-state index contributed by atoms with van der Waals surface area (Å²) in [6, 6.07) is 2.33. The van der Waals surface area contributed by atoms with Gasteiger partial charge in [-0.2, -0.15) is 5.26 Å². The molecule has 0 aromatic heterocycles. The summed E-state index contributed by atoms with van der Waals surface area (Å²) in [5.74, 6) is 0.396. The Morgan fingerprint density at radius 3 is 2.44 bits per heavy atom. The number of nitrogens with zero attached hydrogens (tertiary/aromatic N) is 1. The molecule has 0 bridgehead atoms. The predicted octanol–water partition coefficient (Wildman–Crippen LogP) is 1.86.